The number of aryl methyl sites for hydroxylation is 1. The van der Waals surface area contributed by atoms with Crippen LogP contribution >= 0.6 is 0 Å². The van der Waals surface area contributed by atoms with Gasteiger partial charge in [0.2, 0.25) is 0 Å². The van der Waals surface area contributed by atoms with Crippen molar-refractivity contribution in [2.75, 3.05) is 13.1 Å². The first-order valence-electron chi connectivity index (χ1n) is 9.75. The number of hydrogen-bond donors (Lipinski definition) is 1. The molecule has 0 heterocycles. The molecule has 3 rings (SSSR count). The van der Waals surface area contributed by atoms with Crippen LogP contribution in [0.3, 0.4) is 0 Å². The van der Waals surface area contributed by atoms with Gasteiger partial charge in [-0.25, -0.2) is 0 Å². The van der Waals surface area contributed by atoms with Crippen molar-refractivity contribution in [1.29, 1.82) is 0 Å². The molecule has 0 radical (unpaired) electrons. The topological polar surface area (TPSA) is 12.0 Å². The summed E-state index contributed by atoms with van der Waals surface area (Å²) in [6.45, 7) is 14.2. The van der Waals surface area contributed by atoms with Gasteiger partial charge in [-0.15, -0.1) is 0 Å². The van der Waals surface area contributed by atoms with Crippen LogP contribution in [0.15, 0.2) is 18.2 Å². The predicted molar refractivity (Wildman–Crippen MR) is 100 cm³/mol. The van der Waals surface area contributed by atoms with Crippen LogP contribution in [0.4, 0.5) is 0 Å². The maximum Gasteiger partial charge on any atom is 0.000802 e. The summed E-state index contributed by atoms with van der Waals surface area (Å²) in [4.78, 5) is 0. The average molecular weight is 314 g/mol. The van der Waals surface area contributed by atoms with E-state index in [0.717, 1.165) is 12.5 Å². The summed E-state index contributed by atoms with van der Waals surface area (Å²) in [5.41, 5.74) is 5.66. The molecule has 1 N–H and O–H groups in total. The van der Waals surface area contributed by atoms with E-state index in [4.69, 9.17) is 0 Å². The maximum atomic E-state index is 3.66. The molecule has 0 aliphatic heterocycles. The predicted octanol–water partition coefficient (Wildman–Crippen LogP) is 5.43. The number of nitrogens with one attached hydrogen (secondary N) is 1. The fraction of sp³-hybridized carbons (Fsp3) is 0.727. The van der Waals surface area contributed by atoms with Crippen LogP contribution in [-0.4, -0.2) is 13.1 Å². The fourth-order valence-corrected chi connectivity index (χ4v) is 5.63. The third-order valence-electron chi connectivity index (χ3n) is 6.95. The summed E-state index contributed by atoms with van der Waals surface area (Å²) in [6, 6.07) is 7.39. The number of benzene rings is 1. The molecule has 0 saturated heterocycles. The summed E-state index contributed by atoms with van der Waals surface area (Å²) in [7, 11) is 0. The molecule has 0 amide bonds. The van der Waals surface area contributed by atoms with Crippen LogP contribution in [0.1, 0.15) is 82.9 Å². The lowest BCUT2D eigenvalue weighted by Crippen LogP contribution is -2.52. The molecular formula is C22H35N. The maximum absolute atomic E-state index is 3.66. The lowest BCUT2D eigenvalue weighted by Gasteiger charge is -2.55. The van der Waals surface area contributed by atoms with Crippen molar-refractivity contribution < 1.29 is 0 Å². The van der Waals surface area contributed by atoms with Gasteiger partial charge >= 0.3 is 0 Å². The Kier molecular flexibility index (Phi) is 4.62. The highest BCUT2D eigenvalue weighted by Gasteiger charge is 2.51. The highest BCUT2D eigenvalue weighted by Crippen LogP contribution is 2.57. The van der Waals surface area contributed by atoms with E-state index in [9.17, 15) is 0 Å². The van der Waals surface area contributed by atoms with Gasteiger partial charge in [0.15, 0.2) is 0 Å². The van der Waals surface area contributed by atoms with Gasteiger partial charge in [-0.05, 0) is 71.6 Å². The van der Waals surface area contributed by atoms with Gasteiger partial charge in [-0.3, -0.25) is 0 Å². The first kappa shape index (κ1) is 17.0. The van der Waals surface area contributed by atoms with E-state index in [1.54, 1.807) is 11.1 Å². The lowest BCUT2D eigenvalue weighted by molar-refractivity contribution is 0.0263. The highest BCUT2D eigenvalue weighted by atomic mass is 14.9. The quantitative estimate of drug-likeness (QED) is 0.781. The van der Waals surface area contributed by atoms with E-state index in [2.05, 4.69) is 58.1 Å². The van der Waals surface area contributed by atoms with Crippen LogP contribution in [0.25, 0.3) is 0 Å². The Bertz CT molecular complexity index is 561. The van der Waals surface area contributed by atoms with E-state index in [-0.39, 0.29) is 0 Å². The molecule has 1 heteroatoms. The first-order valence-corrected chi connectivity index (χ1v) is 9.75. The van der Waals surface area contributed by atoms with E-state index in [1.807, 2.05) is 0 Å². The van der Waals surface area contributed by atoms with Crippen LogP contribution in [0.5, 0.6) is 0 Å². The molecular weight excluding hydrogens is 278 g/mol. The van der Waals surface area contributed by atoms with Crippen LogP contribution in [0.2, 0.25) is 0 Å². The van der Waals surface area contributed by atoms with E-state index < -0.39 is 0 Å². The van der Waals surface area contributed by atoms with Crippen molar-refractivity contribution in [3.05, 3.63) is 34.9 Å². The molecule has 2 aliphatic carbocycles. The minimum Gasteiger partial charge on any atom is -0.316 e. The SMILES string of the molecule is CCNC[C@]1(C)CCC[C@]2(C)c3ccc(C(C)C)cc3CC[C@@H]12. The van der Waals surface area contributed by atoms with Crippen molar-refractivity contribution in [2.45, 2.75) is 78.1 Å². The Hall–Kier alpha value is -0.820. The van der Waals surface area contributed by atoms with E-state index in [1.165, 1.54) is 44.2 Å². The third kappa shape index (κ3) is 2.86. The Morgan fingerprint density at radius 1 is 1.22 bits per heavy atom. The summed E-state index contributed by atoms with van der Waals surface area (Å²) >= 11 is 0. The lowest BCUT2D eigenvalue weighted by atomic mass is 9.49. The largest absolute Gasteiger partial charge is 0.316 e. The zero-order valence-corrected chi connectivity index (χ0v) is 15.8. The van der Waals surface area contributed by atoms with Crippen molar-refractivity contribution in [3.8, 4) is 0 Å². The number of fused-ring (bicyclic) bond motifs is 3. The second-order valence-corrected chi connectivity index (χ2v) is 8.87. The summed E-state index contributed by atoms with van der Waals surface area (Å²) < 4.78 is 0. The molecule has 1 nitrogen and oxygen atoms in total. The molecule has 1 saturated carbocycles. The smallest absolute Gasteiger partial charge is 0.000802 e. The monoisotopic (exact) mass is 313 g/mol. The van der Waals surface area contributed by atoms with Gasteiger partial charge in [0.25, 0.3) is 0 Å². The number of hydrogen-bond acceptors (Lipinski definition) is 1. The Labute approximate surface area is 143 Å². The van der Waals surface area contributed by atoms with Gasteiger partial charge in [0.05, 0.1) is 0 Å². The standard InChI is InChI=1S/C22H35N/c1-6-23-15-21(4)12-7-13-22(5)19-10-8-17(16(2)3)14-18(19)9-11-20(21)22/h8,10,14,16,20,23H,6-7,9,11-13,15H2,1-5H3/t20-,21-,22+/m0/s1. The van der Waals surface area contributed by atoms with E-state index >= 15 is 0 Å². The van der Waals surface area contributed by atoms with Gasteiger partial charge in [-0.1, -0.05) is 59.2 Å². The molecule has 0 spiro atoms. The third-order valence-corrected chi connectivity index (χ3v) is 6.95. The van der Waals surface area contributed by atoms with Gasteiger partial charge < -0.3 is 5.32 Å². The van der Waals surface area contributed by atoms with Crippen molar-refractivity contribution in [3.63, 3.8) is 0 Å². The fourth-order valence-electron chi connectivity index (χ4n) is 5.63. The van der Waals surface area contributed by atoms with Gasteiger partial charge in [-0.2, -0.15) is 0 Å². The minimum absolute atomic E-state index is 0.380. The average Bonchev–Trinajstić information content (AvgIpc) is 2.52. The molecule has 0 bridgehead atoms. The normalized spacial score (nSPS) is 33.4. The molecule has 1 fully saturated rings. The minimum atomic E-state index is 0.380. The van der Waals surface area contributed by atoms with E-state index in [0.29, 0.717) is 16.7 Å². The Balaban J connectivity index is 1.97. The number of rotatable bonds is 4. The molecule has 0 aromatic heterocycles. The van der Waals surface area contributed by atoms with Crippen molar-refractivity contribution in [1.82, 2.24) is 5.32 Å². The molecule has 3 atom stereocenters. The van der Waals surface area contributed by atoms with Crippen LogP contribution in [-0.2, 0) is 11.8 Å². The molecule has 2 aliphatic rings. The second-order valence-electron chi connectivity index (χ2n) is 8.87. The zero-order valence-electron chi connectivity index (χ0n) is 15.8. The van der Waals surface area contributed by atoms with Crippen molar-refractivity contribution >= 4 is 0 Å². The molecule has 1 aromatic rings. The zero-order chi connectivity index (χ0) is 16.7. The van der Waals surface area contributed by atoms with Crippen LogP contribution < -0.4 is 5.32 Å². The molecule has 23 heavy (non-hydrogen) atoms. The van der Waals surface area contributed by atoms with Gasteiger partial charge in [0, 0.05) is 6.54 Å². The van der Waals surface area contributed by atoms with Gasteiger partial charge in [0.1, 0.15) is 0 Å². The van der Waals surface area contributed by atoms with Crippen molar-refractivity contribution in [2.24, 2.45) is 11.3 Å². The summed E-state index contributed by atoms with van der Waals surface area (Å²) in [6.07, 6.45) is 6.78. The second kappa shape index (κ2) is 6.24. The highest BCUT2D eigenvalue weighted by molar-refractivity contribution is 5.42. The van der Waals surface area contributed by atoms with Crippen LogP contribution in [0, 0.1) is 11.3 Å². The molecule has 0 unspecified atom stereocenters. The molecule has 1 aromatic carbocycles. The summed E-state index contributed by atoms with van der Waals surface area (Å²) in [5.74, 6) is 1.46. The molecule has 128 valence electrons. The Morgan fingerprint density at radius 2 is 2.00 bits per heavy atom. The Morgan fingerprint density at radius 3 is 2.70 bits per heavy atom. The first-order chi connectivity index (χ1) is 10.9. The summed E-state index contributed by atoms with van der Waals surface area (Å²) in [5, 5.41) is 3.66.